The Bertz CT molecular complexity index is 653. The zero-order chi connectivity index (χ0) is 14.7. The fraction of sp³-hybridized carbons (Fsp3) is 0.333. The SMILES string of the molecule is Cc1nccc(N2CCN(c3ccc(C#N)nc3)CC2)n1. The minimum atomic E-state index is 0.453. The van der Waals surface area contributed by atoms with Crippen LogP contribution in [0.5, 0.6) is 0 Å². The van der Waals surface area contributed by atoms with Crippen LogP contribution in [0.15, 0.2) is 30.6 Å². The first-order valence-corrected chi connectivity index (χ1v) is 6.92. The first-order chi connectivity index (χ1) is 10.3. The smallest absolute Gasteiger partial charge is 0.140 e. The molecule has 2 aromatic rings. The van der Waals surface area contributed by atoms with Crippen molar-refractivity contribution in [1.82, 2.24) is 15.0 Å². The summed E-state index contributed by atoms with van der Waals surface area (Å²) >= 11 is 0. The van der Waals surface area contributed by atoms with Crippen molar-refractivity contribution >= 4 is 11.5 Å². The molecule has 0 unspecified atom stereocenters. The van der Waals surface area contributed by atoms with Gasteiger partial charge in [0.25, 0.3) is 0 Å². The van der Waals surface area contributed by atoms with Crippen molar-refractivity contribution in [3.05, 3.63) is 42.1 Å². The molecule has 0 atom stereocenters. The van der Waals surface area contributed by atoms with E-state index in [4.69, 9.17) is 5.26 Å². The highest BCUT2D eigenvalue weighted by Gasteiger charge is 2.18. The highest BCUT2D eigenvalue weighted by atomic mass is 15.3. The minimum Gasteiger partial charge on any atom is -0.367 e. The molecular formula is C15H16N6. The lowest BCUT2D eigenvalue weighted by atomic mass is 10.2. The number of rotatable bonds is 2. The molecular weight excluding hydrogens is 264 g/mol. The maximum absolute atomic E-state index is 8.78. The number of anilines is 2. The number of pyridine rings is 1. The summed E-state index contributed by atoms with van der Waals surface area (Å²) in [4.78, 5) is 17.3. The van der Waals surface area contributed by atoms with Crippen molar-refractivity contribution in [3.8, 4) is 6.07 Å². The van der Waals surface area contributed by atoms with Gasteiger partial charge in [-0.25, -0.2) is 15.0 Å². The first-order valence-electron chi connectivity index (χ1n) is 6.92. The molecule has 1 saturated heterocycles. The van der Waals surface area contributed by atoms with Crippen molar-refractivity contribution in [2.45, 2.75) is 6.92 Å². The molecule has 6 heteroatoms. The van der Waals surface area contributed by atoms with Gasteiger partial charge in [-0.05, 0) is 25.1 Å². The Morgan fingerprint density at radius 2 is 1.81 bits per heavy atom. The summed E-state index contributed by atoms with van der Waals surface area (Å²) in [5.74, 6) is 1.78. The van der Waals surface area contributed by atoms with Crippen molar-refractivity contribution < 1.29 is 0 Å². The van der Waals surface area contributed by atoms with E-state index < -0.39 is 0 Å². The molecule has 3 heterocycles. The molecule has 0 N–H and O–H groups in total. The van der Waals surface area contributed by atoms with Crippen LogP contribution in [0, 0.1) is 18.3 Å². The molecule has 0 aromatic carbocycles. The summed E-state index contributed by atoms with van der Waals surface area (Å²) < 4.78 is 0. The van der Waals surface area contributed by atoms with Crippen LogP contribution in [-0.2, 0) is 0 Å². The Hall–Kier alpha value is -2.68. The Kier molecular flexibility index (Phi) is 3.65. The van der Waals surface area contributed by atoms with Crippen LogP contribution in [0.25, 0.3) is 0 Å². The van der Waals surface area contributed by atoms with E-state index in [0.29, 0.717) is 5.69 Å². The van der Waals surface area contributed by atoms with E-state index in [0.717, 1.165) is 43.5 Å². The summed E-state index contributed by atoms with van der Waals surface area (Å²) in [6, 6.07) is 7.70. The zero-order valence-corrected chi connectivity index (χ0v) is 11.9. The van der Waals surface area contributed by atoms with Gasteiger partial charge < -0.3 is 9.80 Å². The van der Waals surface area contributed by atoms with Gasteiger partial charge in [-0.15, -0.1) is 0 Å². The molecule has 1 aliphatic rings. The van der Waals surface area contributed by atoms with Crippen LogP contribution in [0.4, 0.5) is 11.5 Å². The van der Waals surface area contributed by atoms with Crippen LogP contribution in [0.1, 0.15) is 11.5 Å². The Morgan fingerprint density at radius 1 is 1.05 bits per heavy atom. The van der Waals surface area contributed by atoms with E-state index in [-0.39, 0.29) is 0 Å². The van der Waals surface area contributed by atoms with Gasteiger partial charge in [0.1, 0.15) is 23.4 Å². The zero-order valence-electron chi connectivity index (χ0n) is 11.9. The number of nitriles is 1. The summed E-state index contributed by atoms with van der Waals surface area (Å²) in [6.07, 6.45) is 3.57. The summed E-state index contributed by atoms with van der Waals surface area (Å²) in [5, 5.41) is 8.78. The molecule has 0 saturated carbocycles. The van der Waals surface area contributed by atoms with E-state index in [1.54, 1.807) is 18.5 Å². The molecule has 1 fully saturated rings. The van der Waals surface area contributed by atoms with Gasteiger partial charge in [-0.2, -0.15) is 5.26 Å². The van der Waals surface area contributed by atoms with E-state index in [2.05, 4.69) is 24.8 Å². The average Bonchev–Trinajstić information content (AvgIpc) is 2.55. The summed E-state index contributed by atoms with van der Waals surface area (Å²) in [5.41, 5.74) is 1.52. The first kappa shape index (κ1) is 13.3. The van der Waals surface area contributed by atoms with Crippen molar-refractivity contribution in [2.24, 2.45) is 0 Å². The van der Waals surface area contributed by atoms with Gasteiger partial charge in [0.05, 0.1) is 11.9 Å². The predicted molar refractivity (Wildman–Crippen MR) is 80.1 cm³/mol. The molecule has 2 aromatic heterocycles. The Labute approximate surface area is 123 Å². The van der Waals surface area contributed by atoms with E-state index >= 15 is 0 Å². The second kappa shape index (κ2) is 5.75. The fourth-order valence-corrected chi connectivity index (χ4v) is 2.45. The third-order valence-corrected chi connectivity index (χ3v) is 3.59. The number of hydrogen-bond donors (Lipinski definition) is 0. The molecule has 21 heavy (non-hydrogen) atoms. The van der Waals surface area contributed by atoms with E-state index in [9.17, 15) is 0 Å². The number of piperazine rings is 1. The molecule has 0 bridgehead atoms. The molecule has 0 spiro atoms. The largest absolute Gasteiger partial charge is 0.367 e. The lowest BCUT2D eigenvalue weighted by molar-refractivity contribution is 0.645. The summed E-state index contributed by atoms with van der Waals surface area (Å²) in [6.45, 7) is 5.56. The maximum atomic E-state index is 8.78. The number of hydrogen-bond acceptors (Lipinski definition) is 6. The molecule has 106 valence electrons. The monoisotopic (exact) mass is 280 g/mol. The van der Waals surface area contributed by atoms with Crippen molar-refractivity contribution in [1.29, 1.82) is 5.26 Å². The number of aromatic nitrogens is 3. The van der Waals surface area contributed by atoms with Crippen LogP contribution in [-0.4, -0.2) is 41.1 Å². The van der Waals surface area contributed by atoms with Gasteiger partial charge >= 0.3 is 0 Å². The summed E-state index contributed by atoms with van der Waals surface area (Å²) in [7, 11) is 0. The lowest BCUT2D eigenvalue weighted by Gasteiger charge is -2.36. The van der Waals surface area contributed by atoms with Crippen LogP contribution < -0.4 is 9.80 Å². The predicted octanol–water partition coefficient (Wildman–Crippen LogP) is 1.38. The highest BCUT2D eigenvalue weighted by Crippen LogP contribution is 2.18. The molecule has 1 aliphatic heterocycles. The van der Waals surface area contributed by atoms with Crippen LogP contribution >= 0.6 is 0 Å². The Morgan fingerprint density at radius 3 is 2.43 bits per heavy atom. The van der Waals surface area contributed by atoms with Crippen molar-refractivity contribution in [2.75, 3.05) is 36.0 Å². The fourth-order valence-electron chi connectivity index (χ4n) is 2.45. The number of aryl methyl sites for hydroxylation is 1. The van der Waals surface area contributed by atoms with Gasteiger partial charge in [0.2, 0.25) is 0 Å². The van der Waals surface area contributed by atoms with E-state index in [1.807, 2.05) is 25.1 Å². The third-order valence-electron chi connectivity index (χ3n) is 3.59. The van der Waals surface area contributed by atoms with Gasteiger partial charge in [-0.1, -0.05) is 0 Å². The lowest BCUT2D eigenvalue weighted by Crippen LogP contribution is -2.46. The minimum absolute atomic E-state index is 0.453. The standard InChI is InChI=1S/C15H16N6/c1-12-17-5-4-15(19-12)21-8-6-20(7-9-21)14-3-2-13(10-16)18-11-14/h2-5,11H,6-9H2,1H3. The number of nitrogens with zero attached hydrogens (tertiary/aromatic N) is 6. The molecule has 0 aliphatic carbocycles. The second-order valence-corrected chi connectivity index (χ2v) is 4.95. The second-order valence-electron chi connectivity index (χ2n) is 4.95. The van der Waals surface area contributed by atoms with Crippen molar-refractivity contribution in [3.63, 3.8) is 0 Å². The van der Waals surface area contributed by atoms with Gasteiger partial charge in [0, 0.05) is 32.4 Å². The maximum Gasteiger partial charge on any atom is 0.140 e. The average molecular weight is 280 g/mol. The third kappa shape index (κ3) is 2.92. The molecule has 6 nitrogen and oxygen atoms in total. The topological polar surface area (TPSA) is 68.9 Å². The van der Waals surface area contributed by atoms with E-state index in [1.165, 1.54) is 0 Å². The van der Waals surface area contributed by atoms with Gasteiger partial charge in [0.15, 0.2) is 0 Å². The van der Waals surface area contributed by atoms with Gasteiger partial charge in [-0.3, -0.25) is 0 Å². The normalized spacial score (nSPS) is 14.9. The highest BCUT2D eigenvalue weighted by molar-refractivity contribution is 5.48. The Balaban J connectivity index is 1.66. The van der Waals surface area contributed by atoms with Crippen LogP contribution in [0.3, 0.4) is 0 Å². The van der Waals surface area contributed by atoms with Crippen LogP contribution in [0.2, 0.25) is 0 Å². The molecule has 3 rings (SSSR count). The molecule has 0 radical (unpaired) electrons. The quantitative estimate of drug-likeness (QED) is 0.827. The molecule has 0 amide bonds.